The summed E-state index contributed by atoms with van der Waals surface area (Å²) in [6.45, 7) is 2.02. The van der Waals surface area contributed by atoms with Crippen LogP contribution in [-0.4, -0.2) is 18.0 Å². The minimum Gasteiger partial charge on any atom is -0.496 e. The summed E-state index contributed by atoms with van der Waals surface area (Å²) in [6.07, 6.45) is 0. The fraction of sp³-hybridized carbons (Fsp3) is 0.111. The fourth-order valence-corrected chi connectivity index (χ4v) is 3.38. The van der Waals surface area contributed by atoms with E-state index in [0.717, 1.165) is 27.0 Å². The van der Waals surface area contributed by atoms with Gasteiger partial charge in [-0.25, -0.2) is 4.98 Å². The van der Waals surface area contributed by atoms with Crippen LogP contribution in [0.2, 0.25) is 0 Å². The number of aromatic nitrogens is 1. The lowest BCUT2D eigenvalue weighted by molar-refractivity contribution is 0.102. The highest BCUT2D eigenvalue weighted by Gasteiger charge is 2.13. The predicted molar refractivity (Wildman–Crippen MR) is 101 cm³/mol. The van der Waals surface area contributed by atoms with Crippen LogP contribution in [0.5, 0.6) is 5.75 Å². The van der Waals surface area contributed by atoms with Crippen molar-refractivity contribution in [2.45, 2.75) is 6.92 Å². The Hall–Kier alpha value is -2.18. The topological polar surface area (TPSA) is 51.2 Å². The van der Waals surface area contributed by atoms with Gasteiger partial charge in [0.15, 0.2) is 5.13 Å². The number of benzene rings is 2. The van der Waals surface area contributed by atoms with Crippen LogP contribution < -0.4 is 10.1 Å². The van der Waals surface area contributed by atoms with Gasteiger partial charge in [-0.3, -0.25) is 10.1 Å². The van der Waals surface area contributed by atoms with Gasteiger partial charge in [-0.2, -0.15) is 0 Å². The molecule has 0 aliphatic heterocycles. The van der Waals surface area contributed by atoms with Crippen molar-refractivity contribution in [2.75, 3.05) is 12.4 Å². The van der Waals surface area contributed by atoms with Crippen molar-refractivity contribution in [1.29, 1.82) is 0 Å². The Morgan fingerprint density at radius 2 is 2.08 bits per heavy atom. The molecule has 0 unspecified atom stereocenters. The number of nitrogens with one attached hydrogen (secondary N) is 1. The van der Waals surface area contributed by atoms with Crippen LogP contribution in [0.3, 0.4) is 0 Å². The van der Waals surface area contributed by atoms with E-state index in [1.54, 1.807) is 19.2 Å². The molecule has 0 radical (unpaired) electrons. The van der Waals surface area contributed by atoms with Gasteiger partial charge in [0.25, 0.3) is 5.91 Å². The molecule has 6 heteroatoms. The summed E-state index contributed by atoms with van der Waals surface area (Å²) in [5.41, 5.74) is 3.40. The van der Waals surface area contributed by atoms with Crippen LogP contribution in [0.15, 0.2) is 52.3 Å². The van der Waals surface area contributed by atoms with Crippen molar-refractivity contribution in [3.8, 4) is 17.0 Å². The van der Waals surface area contributed by atoms with Crippen molar-refractivity contribution in [3.05, 3.63) is 63.4 Å². The van der Waals surface area contributed by atoms with Gasteiger partial charge in [-0.15, -0.1) is 11.3 Å². The van der Waals surface area contributed by atoms with Crippen molar-refractivity contribution >= 4 is 38.3 Å². The maximum absolute atomic E-state index is 12.3. The lowest BCUT2D eigenvalue weighted by Gasteiger charge is -2.07. The second-order valence-corrected chi connectivity index (χ2v) is 6.98. The zero-order valence-corrected chi connectivity index (χ0v) is 15.6. The lowest BCUT2D eigenvalue weighted by atomic mass is 10.1. The molecule has 4 nitrogen and oxygen atoms in total. The normalized spacial score (nSPS) is 10.5. The summed E-state index contributed by atoms with van der Waals surface area (Å²) in [5.74, 6) is 0.573. The van der Waals surface area contributed by atoms with Crippen molar-refractivity contribution in [1.82, 2.24) is 4.98 Å². The number of carbonyl (C=O) groups is 1. The SMILES string of the molecule is COc1ccc(C)cc1-c1csc(NC(=O)c2cccc(Br)c2)n1. The molecule has 0 aliphatic rings. The number of anilines is 1. The van der Waals surface area contributed by atoms with E-state index in [-0.39, 0.29) is 5.91 Å². The van der Waals surface area contributed by atoms with Crippen LogP contribution >= 0.6 is 27.3 Å². The summed E-state index contributed by atoms with van der Waals surface area (Å²) < 4.78 is 6.26. The van der Waals surface area contributed by atoms with Gasteiger partial charge in [0.05, 0.1) is 12.8 Å². The Labute approximate surface area is 152 Å². The Morgan fingerprint density at radius 3 is 2.83 bits per heavy atom. The first kappa shape index (κ1) is 16.7. The first-order valence-electron chi connectivity index (χ1n) is 7.24. The highest BCUT2D eigenvalue weighted by molar-refractivity contribution is 9.10. The quantitative estimate of drug-likeness (QED) is 0.656. The number of hydrogen-bond acceptors (Lipinski definition) is 4. The molecule has 0 spiro atoms. The van der Waals surface area contributed by atoms with Gasteiger partial charge in [0, 0.05) is 21.0 Å². The Morgan fingerprint density at radius 1 is 1.25 bits per heavy atom. The average molecular weight is 403 g/mol. The maximum Gasteiger partial charge on any atom is 0.257 e. The summed E-state index contributed by atoms with van der Waals surface area (Å²) in [7, 11) is 1.64. The molecule has 0 bridgehead atoms. The van der Waals surface area contributed by atoms with Gasteiger partial charge in [-0.05, 0) is 37.3 Å². The third kappa shape index (κ3) is 3.66. The molecule has 0 fully saturated rings. The molecule has 0 saturated carbocycles. The average Bonchev–Trinajstić information content (AvgIpc) is 3.03. The zero-order valence-electron chi connectivity index (χ0n) is 13.2. The first-order valence-corrected chi connectivity index (χ1v) is 8.91. The Bertz CT molecular complexity index is 892. The Kier molecular flexibility index (Phi) is 4.97. The molecular weight excluding hydrogens is 388 g/mol. The van der Waals surface area contributed by atoms with Crippen LogP contribution in [0, 0.1) is 6.92 Å². The van der Waals surface area contributed by atoms with Crippen LogP contribution in [0.1, 0.15) is 15.9 Å². The number of amides is 1. The number of methoxy groups -OCH3 is 1. The van der Waals surface area contributed by atoms with Crippen molar-refractivity contribution in [2.24, 2.45) is 0 Å². The van der Waals surface area contributed by atoms with E-state index in [0.29, 0.717) is 10.7 Å². The smallest absolute Gasteiger partial charge is 0.257 e. The summed E-state index contributed by atoms with van der Waals surface area (Å²) in [4.78, 5) is 16.8. The minimum absolute atomic E-state index is 0.187. The molecule has 1 heterocycles. The zero-order chi connectivity index (χ0) is 17.1. The minimum atomic E-state index is -0.187. The summed E-state index contributed by atoms with van der Waals surface area (Å²) in [6, 6.07) is 13.2. The monoisotopic (exact) mass is 402 g/mol. The Balaban J connectivity index is 1.84. The second-order valence-electron chi connectivity index (χ2n) is 5.21. The van der Waals surface area contributed by atoms with Crippen molar-refractivity contribution < 1.29 is 9.53 Å². The maximum atomic E-state index is 12.3. The molecule has 1 N–H and O–H groups in total. The highest BCUT2D eigenvalue weighted by Crippen LogP contribution is 2.33. The number of aryl methyl sites for hydroxylation is 1. The molecule has 3 aromatic rings. The largest absolute Gasteiger partial charge is 0.496 e. The number of halogens is 1. The number of carbonyl (C=O) groups excluding carboxylic acids is 1. The summed E-state index contributed by atoms with van der Waals surface area (Å²) in [5, 5.41) is 5.30. The van der Waals surface area contributed by atoms with E-state index in [1.165, 1.54) is 11.3 Å². The number of nitrogens with zero attached hydrogens (tertiary/aromatic N) is 1. The standard InChI is InChI=1S/C18H15BrN2O2S/c1-11-6-7-16(23-2)14(8-11)15-10-24-18(20-15)21-17(22)12-4-3-5-13(19)9-12/h3-10H,1-2H3,(H,20,21,22). The highest BCUT2D eigenvalue weighted by atomic mass is 79.9. The molecule has 1 amide bonds. The van der Waals surface area contributed by atoms with Crippen LogP contribution in [0.25, 0.3) is 11.3 Å². The molecule has 0 saturated heterocycles. The third-order valence-corrected chi connectivity index (χ3v) is 4.69. The molecule has 0 atom stereocenters. The van der Waals surface area contributed by atoms with E-state index in [2.05, 4.69) is 26.2 Å². The third-order valence-electron chi connectivity index (χ3n) is 3.44. The molecular formula is C18H15BrN2O2S. The number of hydrogen-bond donors (Lipinski definition) is 1. The van der Waals surface area contributed by atoms with Gasteiger partial charge in [0.2, 0.25) is 0 Å². The van der Waals surface area contributed by atoms with Gasteiger partial charge in [-0.1, -0.05) is 33.6 Å². The van der Waals surface area contributed by atoms with E-state index in [1.807, 2.05) is 42.6 Å². The van der Waals surface area contributed by atoms with Crippen molar-refractivity contribution in [3.63, 3.8) is 0 Å². The predicted octanol–water partition coefficient (Wildman–Crippen LogP) is 5.14. The van der Waals surface area contributed by atoms with Gasteiger partial charge in [0.1, 0.15) is 5.75 Å². The van der Waals surface area contributed by atoms with E-state index >= 15 is 0 Å². The fourth-order valence-electron chi connectivity index (χ4n) is 2.28. The molecule has 2 aromatic carbocycles. The molecule has 0 aliphatic carbocycles. The number of rotatable bonds is 4. The van der Waals surface area contributed by atoms with Crippen LogP contribution in [0.4, 0.5) is 5.13 Å². The first-order chi connectivity index (χ1) is 11.6. The molecule has 3 rings (SSSR count). The molecule has 24 heavy (non-hydrogen) atoms. The second kappa shape index (κ2) is 7.15. The molecule has 1 aromatic heterocycles. The summed E-state index contributed by atoms with van der Waals surface area (Å²) >= 11 is 4.75. The van der Waals surface area contributed by atoms with E-state index < -0.39 is 0 Å². The lowest BCUT2D eigenvalue weighted by Crippen LogP contribution is -2.11. The van der Waals surface area contributed by atoms with E-state index in [9.17, 15) is 4.79 Å². The number of ether oxygens (including phenoxy) is 1. The van der Waals surface area contributed by atoms with Gasteiger partial charge < -0.3 is 4.74 Å². The molecule has 122 valence electrons. The number of thiazole rings is 1. The van der Waals surface area contributed by atoms with Crippen LogP contribution in [-0.2, 0) is 0 Å². The van der Waals surface area contributed by atoms with E-state index in [4.69, 9.17) is 4.74 Å². The van der Waals surface area contributed by atoms with Gasteiger partial charge >= 0.3 is 0 Å².